The van der Waals surface area contributed by atoms with Crippen molar-refractivity contribution in [2.75, 3.05) is 5.32 Å². The Labute approximate surface area is 112 Å². The van der Waals surface area contributed by atoms with Gasteiger partial charge in [-0.25, -0.2) is 4.39 Å². The highest BCUT2D eigenvalue weighted by atomic mass is 127. The van der Waals surface area contributed by atoms with Gasteiger partial charge >= 0.3 is 0 Å². The highest BCUT2D eigenvalue weighted by Crippen LogP contribution is 2.22. The standard InChI is InChI=1S/C13H8FIN2/c14-12-2-1-3-13(11(12)8-16)17-10-6-4-9(15)5-7-10/h1-7,17H. The third kappa shape index (κ3) is 2.74. The highest BCUT2D eigenvalue weighted by molar-refractivity contribution is 14.1. The molecule has 2 nitrogen and oxygen atoms in total. The quantitative estimate of drug-likeness (QED) is 0.839. The second-order valence-electron chi connectivity index (χ2n) is 3.41. The lowest BCUT2D eigenvalue weighted by molar-refractivity contribution is 0.624. The molecule has 84 valence electrons. The second-order valence-corrected chi connectivity index (χ2v) is 4.65. The van der Waals surface area contributed by atoms with E-state index in [2.05, 4.69) is 27.9 Å². The summed E-state index contributed by atoms with van der Waals surface area (Å²) in [5.41, 5.74) is 1.34. The van der Waals surface area contributed by atoms with Crippen LogP contribution in [0.5, 0.6) is 0 Å². The van der Waals surface area contributed by atoms with Crippen LogP contribution in [0, 0.1) is 20.7 Å². The average molecular weight is 338 g/mol. The fourth-order valence-electron chi connectivity index (χ4n) is 1.43. The highest BCUT2D eigenvalue weighted by Gasteiger charge is 2.07. The van der Waals surface area contributed by atoms with Gasteiger partial charge in [0.05, 0.1) is 5.69 Å². The van der Waals surface area contributed by atoms with Gasteiger partial charge in [0.15, 0.2) is 0 Å². The number of hydrogen-bond donors (Lipinski definition) is 1. The van der Waals surface area contributed by atoms with E-state index in [0.29, 0.717) is 5.69 Å². The van der Waals surface area contributed by atoms with Gasteiger partial charge in [0.25, 0.3) is 0 Å². The molecule has 0 bridgehead atoms. The number of rotatable bonds is 2. The SMILES string of the molecule is N#Cc1c(F)cccc1Nc1ccc(I)cc1. The lowest BCUT2D eigenvalue weighted by Gasteiger charge is -2.08. The number of benzene rings is 2. The van der Waals surface area contributed by atoms with Crippen LogP contribution >= 0.6 is 22.6 Å². The summed E-state index contributed by atoms with van der Waals surface area (Å²) in [5, 5.41) is 11.9. The Balaban J connectivity index is 2.34. The summed E-state index contributed by atoms with van der Waals surface area (Å²) in [5.74, 6) is -0.511. The zero-order valence-electron chi connectivity index (χ0n) is 8.74. The number of nitrogens with one attached hydrogen (secondary N) is 1. The van der Waals surface area contributed by atoms with E-state index in [4.69, 9.17) is 5.26 Å². The molecule has 0 amide bonds. The van der Waals surface area contributed by atoms with Crippen molar-refractivity contribution < 1.29 is 4.39 Å². The zero-order chi connectivity index (χ0) is 12.3. The van der Waals surface area contributed by atoms with Crippen LogP contribution in [0.2, 0.25) is 0 Å². The lowest BCUT2D eigenvalue weighted by atomic mass is 10.1. The first-order valence-electron chi connectivity index (χ1n) is 4.92. The minimum atomic E-state index is -0.511. The molecule has 0 aliphatic heterocycles. The molecule has 17 heavy (non-hydrogen) atoms. The van der Waals surface area contributed by atoms with Gasteiger partial charge in [-0.05, 0) is 59.0 Å². The minimum Gasteiger partial charge on any atom is -0.354 e. The van der Waals surface area contributed by atoms with Crippen molar-refractivity contribution in [2.45, 2.75) is 0 Å². The summed E-state index contributed by atoms with van der Waals surface area (Å²) < 4.78 is 14.5. The van der Waals surface area contributed by atoms with E-state index in [1.54, 1.807) is 12.1 Å². The molecule has 2 aromatic carbocycles. The predicted octanol–water partition coefficient (Wildman–Crippen LogP) is 4.05. The molecule has 1 N–H and O–H groups in total. The normalized spacial score (nSPS) is 9.71. The van der Waals surface area contributed by atoms with Crippen LogP contribution in [-0.2, 0) is 0 Å². The van der Waals surface area contributed by atoms with Crippen molar-refractivity contribution >= 4 is 34.0 Å². The minimum absolute atomic E-state index is 0.0334. The maximum absolute atomic E-state index is 13.4. The summed E-state index contributed by atoms with van der Waals surface area (Å²) >= 11 is 2.21. The Morgan fingerprint density at radius 2 is 1.82 bits per heavy atom. The van der Waals surface area contributed by atoms with Gasteiger partial charge in [0.1, 0.15) is 17.4 Å². The van der Waals surface area contributed by atoms with Crippen molar-refractivity contribution in [3.8, 4) is 6.07 Å². The zero-order valence-corrected chi connectivity index (χ0v) is 10.9. The van der Waals surface area contributed by atoms with Gasteiger partial charge in [0, 0.05) is 9.26 Å². The topological polar surface area (TPSA) is 35.8 Å². The van der Waals surface area contributed by atoms with E-state index in [9.17, 15) is 4.39 Å². The average Bonchev–Trinajstić information content (AvgIpc) is 2.32. The van der Waals surface area contributed by atoms with Crippen molar-refractivity contribution in [3.05, 3.63) is 57.4 Å². The van der Waals surface area contributed by atoms with Gasteiger partial charge in [-0.1, -0.05) is 6.07 Å². The smallest absolute Gasteiger partial charge is 0.143 e. The summed E-state index contributed by atoms with van der Waals surface area (Å²) in [4.78, 5) is 0. The van der Waals surface area contributed by atoms with Crippen LogP contribution < -0.4 is 5.32 Å². The van der Waals surface area contributed by atoms with Gasteiger partial charge in [-0.15, -0.1) is 0 Å². The molecule has 0 fully saturated rings. The van der Waals surface area contributed by atoms with Gasteiger partial charge < -0.3 is 5.32 Å². The molecule has 0 heterocycles. The van der Waals surface area contributed by atoms with E-state index in [1.807, 2.05) is 30.3 Å². The van der Waals surface area contributed by atoms with Crippen molar-refractivity contribution in [1.29, 1.82) is 5.26 Å². The lowest BCUT2D eigenvalue weighted by Crippen LogP contribution is -1.95. The summed E-state index contributed by atoms with van der Waals surface area (Å²) in [6.07, 6.45) is 0. The third-order valence-corrected chi connectivity index (χ3v) is 2.97. The fraction of sp³-hybridized carbons (Fsp3) is 0. The Morgan fingerprint density at radius 3 is 2.47 bits per heavy atom. The van der Waals surface area contributed by atoms with Crippen LogP contribution in [0.15, 0.2) is 42.5 Å². The molecule has 0 saturated heterocycles. The van der Waals surface area contributed by atoms with E-state index in [-0.39, 0.29) is 5.56 Å². The molecule has 2 rings (SSSR count). The Hall–Kier alpha value is -1.61. The molecule has 0 saturated carbocycles. The van der Waals surface area contributed by atoms with Crippen LogP contribution in [0.25, 0.3) is 0 Å². The summed E-state index contributed by atoms with van der Waals surface area (Å²) in [6.45, 7) is 0. The monoisotopic (exact) mass is 338 g/mol. The number of hydrogen-bond acceptors (Lipinski definition) is 2. The maximum atomic E-state index is 13.4. The molecular weight excluding hydrogens is 330 g/mol. The van der Waals surface area contributed by atoms with Crippen LogP contribution in [-0.4, -0.2) is 0 Å². The second kappa shape index (κ2) is 5.15. The summed E-state index contributed by atoms with van der Waals surface area (Å²) in [6, 6.07) is 14.0. The van der Waals surface area contributed by atoms with Gasteiger partial charge in [-0.2, -0.15) is 5.26 Å². The molecule has 4 heteroatoms. The van der Waals surface area contributed by atoms with E-state index >= 15 is 0 Å². The molecule has 0 atom stereocenters. The van der Waals surface area contributed by atoms with Crippen LogP contribution in [0.1, 0.15) is 5.56 Å². The first kappa shape index (κ1) is 11.9. The molecule has 0 aliphatic carbocycles. The molecular formula is C13H8FIN2. The molecule has 0 aliphatic rings. The third-order valence-electron chi connectivity index (χ3n) is 2.25. The predicted molar refractivity (Wildman–Crippen MR) is 73.6 cm³/mol. The number of halogens is 2. The van der Waals surface area contributed by atoms with Crippen molar-refractivity contribution in [2.24, 2.45) is 0 Å². The van der Waals surface area contributed by atoms with Crippen molar-refractivity contribution in [3.63, 3.8) is 0 Å². The van der Waals surface area contributed by atoms with Crippen molar-refractivity contribution in [1.82, 2.24) is 0 Å². The largest absolute Gasteiger partial charge is 0.354 e. The molecule has 0 spiro atoms. The Kier molecular flexibility index (Phi) is 3.59. The molecule has 0 unspecified atom stereocenters. The maximum Gasteiger partial charge on any atom is 0.143 e. The van der Waals surface area contributed by atoms with Crippen LogP contribution in [0.4, 0.5) is 15.8 Å². The number of nitrogens with zero attached hydrogens (tertiary/aromatic N) is 1. The Bertz CT molecular complexity index is 573. The van der Waals surface area contributed by atoms with E-state index < -0.39 is 5.82 Å². The summed E-state index contributed by atoms with van der Waals surface area (Å²) in [7, 11) is 0. The van der Waals surface area contributed by atoms with E-state index in [1.165, 1.54) is 6.07 Å². The molecule has 2 aromatic rings. The number of nitriles is 1. The van der Waals surface area contributed by atoms with Crippen LogP contribution in [0.3, 0.4) is 0 Å². The van der Waals surface area contributed by atoms with Gasteiger partial charge in [-0.3, -0.25) is 0 Å². The Morgan fingerprint density at radius 1 is 1.12 bits per heavy atom. The molecule has 0 aromatic heterocycles. The fourth-order valence-corrected chi connectivity index (χ4v) is 1.79. The number of anilines is 2. The van der Waals surface area contributed by atoms with Gasteiger partial charge in [0.2, 0.25) is 0 Å². The first-order chi connectivity index (χ1) is 8.20. The molecule has 0 radical (unpaired) electrons. The van der Waals surface area contributed by atoms with E-state index in [0.717, 1.165) is 9.26 Å². The first-order valence-corrected chi connectivity index (χ1v) is 6.00.